The van der Waals surface area contributed by atoms with Crippen molar-refractivity contribution in [3.8, 4) is 22.9 Å². The third kappa shape index (κ3) is 3.25. The monoisotopic (exact) mass is 305 g/mol. The van der Waals surface area contributed by atoms with Gasteiger partial charge < -0.3 is 4.74 Å². The van der Waals surface area contributed by atoms with Crippen molar-refractivity contribution in [3.05, 3.63) is 52.0 Å². The number of nitriles is 1. The molecule has 0 saturated heterocycles. The van der Waals surface area contributed by atoms with Gasteiger partial charge in [0.2, 0.25) is 0 Å². The maximum absolute atomic E-state index is 9.11. The molecule has 2 aromatic rings. The fourth-order valence-electron chi connectivity index (χ4n) is 1.85. The Labute approximate surface area is 128 Å². The van der Waals surface area contributed by atoms with E-state index < -0.39 is 0 Å². The molecule has 0 fully saturated rings. The molecule has 0 aliphatic rings. The molecule has 0 aliphatic heterocycles. The van der Waals surface area contributed by atoms with E-state index in [0.717, 1.165) is 11.1 Å². The highest BCUT2D eigenvalue weighted by Gasteiger charge is 2.10. The van der Waals surface area contributed by atoms with Gasteiger partial charge in [-0.05, 0) is 49.7 Å². The molecule has 102 valence electrons. The average molecular weight is 306 g/mol. The number of benzene rings is 2. The lowest BCUT2D eigenvalue weighted by Crippen LogP contribution is -2.06. The second-order valence-corrected chi connectivity index (χ2v) is 5.46. The van der Waals surface area contributed by atoms with Gasteiger partial charge in [0.15, 0.2) is 0 Å². The fraction of sp³-hybridized carbons (Fsp3) is 0.188. The number of hydrogen-bond donors (Lipinski definition) is 0. The van der Waals surface area contributed by atoms with Gasteiger partial charge in [-0.25, -0.2) is 0 Å². The number of rotatable bonds is 3. The summed E-state index contributed by atoms with van der Waals surface area (Å²) in [6, 6.07) is 12.8. The molecule has 2 nitrogen and oxygen atoms in total. The summed E-state index contributed by atoms with van der Waals surface area (Å²) < 4.78 is 5.67. The van der Waals surface area contributed by atoms with E-state index in [1.807, 2.05) is 26.0 Å². The molecule has 2 rings (SSSR count). The molecule has 0 unspecified atom stereocenters. The molecule has 2 aromatic carbocycles. The Morgan fingerprint density at radius 2 is 1.85 bits per heavy atom. The largest absolute Gasteiger partial charge is 0.490 e. The lowest BCUT2D eigenvalue weighted by molar-refractivity contribution is 0.242. The first-order valence-electron chi connectivity index (χ1n) is 6.17. The maximum atomic E-state index is 9.11. The lowest BCUT2D eigenvalue weighted by Gasteiger charge is -2.13. The SMILES string of the molecule is CC(C)Oc1cc(-c2cc(Cl)ccc2Cl)ccc1C#N. The zero-order chi connectivity index (χ0) is 14.7. The molecule has 0 saturated carbocycles. The Balaban J connectivity index is 2.53. The summed E-state index contributed by atoms with van der Waals surface area (Å²) in [6.45, 7) is 3.83. The van der Waals surface area contributed by atoms with Crippen molar-refractivity contribution in [3.63, 3.8) is 0 Å². The predicted molar refractivity (Wildman–Crippen MR) is 82.4 cm³/mol. The maximum Gasteiger partial charge on any atom is 0.138 e. The summed E-state index contributed by atoms with van der Waals surface area (Å²) in [7, 11) is 0. The van der Waals surface area contributed by atoms with Crippen LogP contribution in [-0.2, 0) is 0 Å². The predicted octanol–water partition coefficient (Wildman–Crippen LogP) is 5.32. The second-order valence-electron chi connectivity index (χ2n) is 4.61. The summed E-state index contributed by atoms with van der Waals surface area (Å²) in [6.07, 6.45) is -0.00724. The van der Waals surface area contributed by atoms with Crippen LogP contribution in [0.2, 0.25) is 10.0 Å². The van der Waals surface area contributed by atoms with Crippen LogP contribution in [-0.4, -0.2) is 6.10 Å². The first kappa shape index (κ1) is 14.7. The third-order valence-corrected chi connectivity index (χ3v) is 3.27. The summed E-state index contributed by atoms with van der Waals surface area (Å²) in [5.41, 5.74) is 2.19. The molecule has 0 N–H and O–H groups in total. The minimum Gasteiger partial charge on any atom is -0.490 e. The summed E-state index contributed by atoms with van der Waals surface area (Å²) in [5.74, 6) is 0.552. The summed E-state index contributed by atoms with van der Waals surface area (Å²) in [4.78, 5) is 0. The number of ether oxygens (including phenoxy) is 1. The Morgan fingerprint density at radius 3 is 2.50 bits per heavy atom. The highest BCUT2D eigenvalue weighted by molar-refractivity contribution is 6.35. The van der Waals surface area contributed by atoms with E-state index in [0.29, 0.717) is 21.4 Å². The van der Waals surface area contributed by atoms with Crippen molar-refractivity contribution in [2.24, 2.45) is 0 Å². The van der Waals surface area contributed by atoms with Gasteiger partial charge >= 0.3 is 0 Å². The quantitative estimate of drug-likeness (QED) is 0.769. The molecule has 0 spiro atoms. The topological polar surface area (TPSA) is 33.0 Å². The molecule has 0 heterocycles. The molecule has 0 aliphatic carbocycles. The van der Waals surface area contributed by atoms with Gasteiger partial charge in [-0.3, -0.25) is 0 Å². The van der Waals surface area contributed by atoms with Crippen LogP contribution in [0.25, 0.3) is 11.1 Å². The summed E-state index contributed by atoms with van der Waals surface area (Å²) >= 11 is 12.2. The van der Waals surface area contributed by atoms with Gasteiger partial charge in [0.1, 0.15) is 11.8 Å². The zero-order valence-electron chi connectivity index (χ0n) is 11.2. The van der Waals surface area contributed by atoms with E-state index in [9.17, 15) is 0 Å². The minimum atomic E-state index is -0.00724. The molecular weight excluding hydrogens is 293 g/mol. The van der Waals surface area contributed by atoms with E-state index in [1.165, 1.54) is 0 Å². The Kier molecular flexibility index (Phi) is 4.54. The van der Waals surface area contributed by atoms with Crippen LogP contribution in [0.5, 0.6) is 5.75 Å². The lowest BCUT2D eigenvalue weighted by atomic mass is 10.0. The fourth-order valence-corrected chi connectivity index (χ4v) is 2.25. The highest BCUT2D eigenvalue weighted by atomic mass is 35.5. The van der Waals surface area contributed by atoms with Gasteiger partial charge in [-0.1, -0.05) is 29.3 Å². The van der Waals surface area contributed by atoms with Crippen molar-refractivity contribution in [1.82, 2.24) is 0 Å². The van der Waals surface area contributed by atoms with Crippen LogP contribution >= 0.6 is 23.2 Å². The number of nitrogens with zero attached hydrogens (tertiary/aromatic N) is 1. The van der Waals surface area contributed by atoms with Crippen molar-refractivity contribution >= 4 is 23.2 Å². The van der Waals surface area contributed by atoms with E-state index >= 15 is 0 Å². The molecule has 0 atom stereocenters. The van der Waals surface area contributed by atoms with Gasteiger partial charge in [0.05, 0.1) is 11.7 Å². The van der Waals surface area contributed by atoms with Crippen molar-refractivity contribution < 1.29 is 4.74 Å². The van der Waals surface area contributed by atoms with Crippen LogP contribution in [0.3, 0.4) is 0 Å². The smallest absolute Gasteiger partial charge is 0.138 e. The molecule has 4 heteroatoms. The highest BCUT2D eigenvalue weighted by Crippen LogP contribution is 2.33. The molecule has 20 heavy (non-hydrogen) atoms. The Bertz CT molecular complexity index is 675. The normalized spacial score (nSPS) is 10.4. The second kappa shape index (κ2) is 6.17. The first-order valence-corrected chi connectivity index (χ1v) is 6.93. The Morgan fingerprint density at radius 1 is 1.10 bits per heavy atom. The van der Waals surface area contributed by atoms with Gasteiger partial charge in [-0.2, -0.15) is 5.26 Å². The van der Waals surface area contributed by atoms with Crippen molar-refractivity contribution in [2.75, 3.05) is 0 Å². The van der Waals surface area contributed by atoms with Crippen molar-refractivity contribution in [2.45, 2.75) is 20.0 Å². The van der Waals surface area contributed by atoms with E-state index in [4.69, 9.17) is 33.2 Å². The van der Waals surface area contributed by atoms with E-state index in [2.05, 4.69) is 6.07 Å². The molecule has 0 amide bonds. The van der Waals surface area contributed by atoms with Gasteiger partial charge in [-0.15, -0.1) is 0 Å². The van der Waals surface area contributed by atoms with Gasteiger partial charge in [0.25, 0.3) is 0 Å². The van der Waals surface area contributed by atoms with Crippen LogP contribution in [0.4, 0.5) is 0 Å². The van der Waals surface area contributed by atoms with E-state index in [-0.39, 0.29) is 6.10 Å². The van der Waals surface area contributed by atoms with Crippen LogP contribution < -0.4 is 4.74 Å². The van der Waals surface area contributed by atoms with Gasteiger partial charge in [0, 0.05) is 15.6 Å². The molecule has 0 aromatic heterocycles. The number of halogens is 2. The van der Waals surface area contributed by atoms with Crippen LogP contribution in [0.1, 0.15) is 19.4 Å². The zero-order valence-corrected chi connectivity index (χ0v) is 12.7. The number of hydrogen-bond acceptors (Lipinski definition) is 2. The molecule has 0 bridgehead atoms. The summed E-state index contributed by atoms with van der Waals surface area (Å²) in [5, 5.41) is 10.3. The van der Waals surface area contributed by atoms with Crippen LogP contribution in [0, 0.1) is 11.3 Å². The Hall–Kier alpha value is -1.69. The minimum absolute atomic E-state index is 0.00724. The standard InChI is InChI=1S/C16H13Cl2NO/c1-10(2)20-16-7-11(3-4-12(16)9-19)14-8-13(17)5-6-15(14)18/h3-8,10H,1-2H3. The van der Waals surface area contributed by atoms with Crippen LogP contribution in [0.15, 0.2) is 36.4 Å². The van der Waals surface area contributed by atoms with Crippen molar-refractivity contribution in [1.29, 1.82) is 5.26 Å². The first-order chi connectivity index (χ1) is 9.51. The third-order valence-electron chi connectivity index (χ3n) is 2.70. The molecular formula is C16H13Cl2NO. The van der Waals surface area contributed by atoms with E-state index in [1.54, 1.807) is 24.3 Å². The molecule has 0 radical (unpaired) electrons. The average Bonchev–Trinajstić information content (AvgIpc) is 2.41.